The maximum absolute atomic E-state index is 14.0. The quantitative estimate of drug-likeness (QED) is 0.190. The average molecular weight is 539 g/mol. The zero-order valence-electron chi connectivity index (χ0n) is 20.6. The molecule has 7 nitrogen and oxygen atoms in total. The van der Waals surface area contributed by atoms with Crippen molar-refractivity contribution < 1.29 is 31.0 Å². The predicted octanol–water partition coefficient (Wildman–Crippen LogP) is 9.26. The van der Waals surface area contributed by atoms with Crippen LogP contribution in [0, 0.1) is 0 Å². The molecule has 10 heteroatoms. The fourth-order valence-electron chi connectivity index (χ4n) is 5.57. The van der Waals surface area contributed by atoms with Crippen LogP contribution < -0.4 is 0 Å². The topological polar surface area (TPSA) is 80.3 Å². The molecule has 0 amide bonds. The van der Waals surface area contributed by atoms with Gasteiger partial charge >= 0.3 is 15.6 Å². The summed E-state index contributed by atoms with van der Waals surface area (Å²) in [4.78, 5) is 0. The third-order valence-corrected chi connectivity index (χ3v) is 12.6. The van der Waals surface area contributed by atoms with Crippen molar-refractivity contribution in [1.29, 1.82) is 0 Å². The molecule has 0 radical (unpaired) electrons. The first-order valence-electron chi connectivity index (χ1n) is 13.8. The first kappa shape index (κ1) is 27.6. The molecule has 4 rings (SSSR count). The number of hydrogen-bond donors (Lipinski definition) is 0. The van der Waals surface area contributed by atoms with Crippen molar-refractivity contribution >= 4 is 27.7 Å². The van der Waals surface area contributed by atoms with E-state index in [1.807, 2.05) is 0 Å². The molecule has 0 N–H and O–H groups in total. The van der Waals surface area contributed by atoms with Gasteiger partial charge in [0.2, 0.25) is 0 Å². The van der Waals surface area contributed by atoms with Crippen LogP contribution in [0.1, 0.15) is 128 Å². The van der Waals surface area contributed by atoms with Crippen molar-refractivity contribution in [2.75, 3.05) is 0 Å². The smallest absolute Gasteiger partial charge is 0.283 e. The second-order valence-electron chi connectivity index (χ2n) is 10.5. The van der Waals surface area contributed by atoms with Gasteiger partial charge in [-0.15, -0.1) is 0 Å². The van der Waals surface area contributed by atoms with Crippen LogP contribution in [-0.2, 0) is 31.0 Å². The van der Waals surface area contributed by atoms with Gasteiger partial charge in [0.05, 0.1) is 18.3 Å². The zero-order valence-corrected chi connectivity index (χ0v) is 23.2. The van der Waals surface area contributed by atoms with E-state index in [2.05, 4.69) is 0 Å². The molecule has 0 aromatic rings. The number of phosphoric acid groups is 2. The summed E-state index contributed by atoms with van der Waals surface area (Å²) in [5.41, 5.74) is 0. The summed E-state index contributed by atoms with van der Waals surface area (Å²) in [7, 11) is -8.30. The van der Waals surface area contributed by atoms with Crippen LogP contribution in [0.15, 0.2) is 0 Å². The maximum atomic E-state index is 14.0. The van der Waals surface area contributed by atoms with Gasteiger partial charge in [-0.1, -0.05) is 77.0 Å². The first-order chi connectivity index (χ1) is 16.5. The highest BCUT2D eigenvalue weighted by Gasteiger charge is 2.46. The van der Waals surface area contributed by atoms with Gasteiger partial charge in [-0.25, -0.2) is 13.1 Å². The Morgan fingerprint density at radius 3 is 1.24 bits per heavy atom. The third kappa shape index (κ3) is 9.17. The zero-order chi connectivity index (χ0) is 23.7. The maximum Gasteiger partial charge on any atom is 0.495 e. The molecule has 4 fully saturated rings. The highest BCUT2D eigenvalue weighted by molar-refractivity contribution is 7.98. The molecule has 4 saturated carbocycles. The Labute approximate surface area is 210 Å². The van der Waals surface area contributed by atoms with Crippen molar-refractivity contribution in [3.63, 3.8) is 0 Å². The summed E-state index contributed by atoms with van der Waals surface area (Å²) in [6.45, 7) is 0. The lowest BCUT2D eigenvalue weighted by Gasteiger charge is -2.33. The van der Waals surface area contributed by atoms with E-state index in [-0.39, 0.29) is 23.6 Å². The Hall–Kier alpha value is 0.610. The van der Waals surface area contributed by atoms with Gasteiger partial charge in [-0.2, -0.15) is 4.31 Å². The highest BCUT2D eigenvalue weighted by atomic mass is 32.2. The Balaban J connectivity index is 1.48. The van der Waals surface area contributed by atoms with Crippen LogP contribution in [0.3, 0.4) is 0 Å². The average Bonchev–Trinajstić information content (AvgIpc) is 2.85. The van der Waals surface area contributed by atoms with Crippen molar-refractivity contribution in [2.45, 2.75) is 152 Å². The lowest BCUT2D eigenvalue weighted by atomic mass is 9.98. The minimum absolute atomic E-state index is 0.211. The van der Waals surface area contributed by atoms with E-state index in [0.717, 1.165) is 122 Å². The molecule has 0 spiro atoms. The minimum atomic E-state index is -4.16. The molecule has 1 unspecified atom stereocenters. The van der Waals surface area contributed by atoms with Crippen molar-refractivity contribution in [2.24, 2.45) is 0 Å². The van der Waals surface area contributed by atoms with Crippen LogP contribution in [0.25, 0.3) is 0 Å². The van der Waals surface area contributed by atoms with Crippen LogP contribution in [0.5, 0.6) is 0 Å². The summed E-state index contributed by atoms with van der Waals surface area (Å²) >= 11 is 1.18. The second kappa shape index (κ2) is 14.0. The number of rotatable bonds is 11. The van der Waals surface area contributed by atoms with E-state index in [1.165, 1.54) is 18.5 Å². The lowest BCUT2D eigenvalue weighted by Crippen LogP contribution is -2.22. The summed E-state index contributed by atoms with van der Waals surface area (Å²) in [6, 6.07) is 0. The van der Waals surface area contributed by atoms with E-state index in [9.17, 15) is 9.13 Å². The van der Waals surface area contributed by atoms with E-state index >= 15 is 0 Å². The molecule has 34 heavy (non-hydrogen) atoms. The normalized spacial score (nSPS) is 26.9. The van der Waals surface area contributed by atoms with E-state index in [1.54, 1.807) is 0 Å². The molecule has 0 saturated heterocycles. The summed E-state index contributed by atoms with van der Waals surface area (Å²) in [6.07, 6.45) is 19.4. The highest BCUT2D eigenvalue weighted by Crippen LogP contribution is 2.70. The van der Waals surface area contributed by atoms with Crippen LogP contribution in [0.2, 0.25) is 0 Å². The minimum Gasteiger partial charge on any atom is -0.283 e. The SMILES string of the molecule is O=P(OSC1CCCCC1)(OC1CCCCC1)OP(=O)(OC1CCCCC1)OC1CCCCC1. The van der Waals surface area contributed by atoms with Gasteiger partial charge in [0.1, 0.15) is 0 Å². The van der Waals surface area contributed by atoms with Crippen LogP contribution in [-0.4, -0.2) is 23.6 Å². The Bertz CT molecular complexity index is 661. The van der Waals surface area contributed by atoms with Crippen molar-refractivity contribution in [1.82, 2.24) is 0 Å². The fraction of sp³-hybridized carbons (Fsp3) is 1.00. The van der Waals surface area contributed by atoms with Crippen molar-refractivity contribution in [3.8, 4) is 0 Å². The largest absolute Gasteiger partial charge is 0.495 e. The van der Waals surface area contributed by atoms with E-state index in [0.29, 0.717) is 0 Å². The molecule has 1 atom stereocenters. The van der Waals surface area contributed by atoms with Crippen molar-refractivity contribution in [3.05, 3.63) is 0 Å². The van der Waals surface area contributed by atoms with Gasteiger partial charge < -0.3 is 0 Å². The standard InChI is InChI=1S/C24H44O7P2S/c25-32(27-21-13-5-1-6-14-21,28-22-15-7-2-8-16-22)30-33(26,29-23-17-9-3-10-18-23)31-34-24-19-11-4-12-20-24/h21-24H,1-20H2. The summed E-state index contributed by atoms with van der Waals surface area (Å²) < 4.78 is 57.8. The predicted molar refractivity (Wildman–Crippen MR) is 136 cm³/mol. The molecule has 4 aliphatic carbocycles. The molecule has 0 aromatic heterocycles. The van der Waals surface area contributed by atoms with Crippen LogP contribution in [0.4, 0.5) is 0 Å². The molecule has 0 aromatic carbocycles. The van der Waals surface area contributed by atoms with Gasteiger partial charge in [-0.05, 0) is 51.4 Å². The summed E-state index contributed by atoms with van der Waals surface area (Å²) in [5, 5.41) is 0.249. The fourth-order valence-corrected chi connectivity index (χ4v) is 10.7. The van der Waals surface area contributed by atoms with Gasteiger partial charge in [-0.3, -0.25) is 13.6 Å². The van der Waals surface area contributed by atoms with Gasteiger partial charge in [0, 0.05) is 17.3 Å². The van der Waals surface area contributed by atoms with Gasteiger partial charge in [0.25, 0.3) is 0 Å². The molecule has 0 heterocycles. The number of phosphoric ester groups is 1. The van der Waals surface area contributed by atoms with Gasteiger partial charge in [0.15, 0.2) is 0 Å². The lowest BCUT2D eigenvalue weighted by molar-refractivity contribution is 0.0392. The molecular formula is C24H44O7P2S. The second-order valence-corrected chi connectivity index (χ2v) is 15.0. The first-order valence-corrected chi connectivity index (χ1v) is 17.6. The summed E-state index contributed by atoms with van der Waals surface area (Å²) in [5.74, 6) is 0. The van der Waals surface area contributed by atoms with E-state index < -0.39 is 15.6 Å². The Morgan fingerprint density at radius 2 is 0.824 bits per heavy atom. The molecule has 0 aliphatic heterocycles. The Kier molecular flexibility index (Phi) is 11.3. The molecule has 198 valence electrons. The van der Waals surface area contributed by atoms with Crippen LogP contribution >= 0.6 is 27.7 Å². The monoisotopic (exact) mass is 538 g/mol. The molecular weight excluding hydrogens is 494 g/mol. The molecule has 0 bridgehead atoms. The third-order valence-electron chi connectivity index (χ3n) is 7.51. The molecule has 4 aliphatic rings. The Morgan fingerprint density at radius 1 is 0.471 bits per heavy atom. The van der Waals surface area contributed by atoms with E-state index in [4.69, 9.17) is 21.9 Å². The number of hydrogen-bond acceptors (Lipinski definition) is 8.